The van der Waals surface area contributed by atoms with Crippen LogP contribution in [0.5, 0.6) is 0 Å². The molecule has 1 aromatic rings. The van der Waals surface area contributed by atoms with Crippen LogP contribution in [-0.2, 0) is 11.2 Å². The van der Waals surface area contributed by atoms with E-state index in [0.717, 1.165) is 5.01 Å². The molecule has 0 saturated heterocycles. The monoisotopic (exact) mass is 215 g/mol. The van der Waals surface area contributed by atoms with Gasteiger partial charge in [0, 0.05) is 13.0 Å². The van der Waals surface area contributed by atoms with Crippen molar-refractivity contribution in [3.05, 3.63) is 15.6 Å². The zero-order valence-corrected chi connectivity index (χ0v) is 9.06. The number of nitrogens with zero attached hydrogens (tertiary/aromatic N) is 1. The molecule has 0 aliphatic carbocycles. The molecule has 1 aromatic heterocycles. The van der Waals surface area contributed by atoms with Crippen molar-refractivity contribution in [3.63, 3.8) is 0 Å². The van der Waals surface area contributed by atoms with E-state index < -0.39 is 5.97 Å². The molecule has 0 unspecified atom stereocenters. The Balaban J connectivity index is 2.62. The number of hydrogen-bond acceptors (Lipinski definition) is 4. The summed E-state index contributed by atoms with van der Waals surface area (Å²) in [5.74, 6) is -0.900. The van der Waals surface area contributed by atoms with Gasteiger partial charge in [-0.15, -0.1) is 11.3 Å². The van der Waals surface area contributed by atoms with Gasteiger partial charge < -0.3 is 9.84 Å². The van der Waals surface area contributed by atoms with Crippen LogP contribution in [-0.4, -0.2) is 29.3 Å². The van der Waals surface area contributed by atoms with Gasteiger partial charge in [-0.05, 0) is 13.8 Å². The lowest BCUT2D eigenvalue weighted by Gasteiger charge is -1.96. The molecule has 0 amide bonds. The molecule has 1 heterocycles. The first-order chi connectivity index (χ1) is 6.65. The fourth-order valence-electron chi connectivity index (χ4n) is 1.06. The number of carboxylic acids is 1. The van der Waals surface area contributed by atoms with Crippen LogP contribution in [0.2, 0.25) is 0 Å². The van der Waals surface area contributed by atoms with Crippen LogP contribution in [0.15, 0.2) is 0 Å². The van der Waals surface area contributed by atoms with Gasteiger partial charge in [-0.3, -0.25) is 0 Å². The first kappa shape index (κ1) is 11.1. The third kappa shape index (κ3) is 2.78. The maximum absolute atomic E-state index is 10.7. The summed E-state index contributed by atoms with van der Waals surface area (Å²) in [6, 6.07) is 0. The number of aryl methyl sites for hydroxylation is 1. The number of ether oxygens (including phenoxy) is 1. The molecule has 0 aliphatic heterocycles. The molecule has 0 saturated carbocycles. The first-order valence-corrected chi connectivity index (χ1v) is 5.24. The van der Waals surface area contributed by atoms with Crippen LogP contribution in [0.25, 0.3) is 0 Å². The molecular weight excluding hydrogens is 202 g/mol. The predicted octanol–water partition coefficient (Wildman–Crippen LogP) is 1.73. The van der Waals surface area contributed by atoms with Crippen LogP contribution in [0.3, 0.4) is 0 Å². The van der Waals surface area contributed by atoms with Crippen LogP contribution in [0.1, 0.15) is 27.3 Å². The first-order valence-electron chi connectivity index (χ1n) is 4.42. The lowest BCUT2D eigenvalue weighted by atomic mass is 10.4. The molecule has 4 nitrogen and oxygen atoms in total. The summed E-state index contributed by atoms with van der Waals surface area (Å²) >= 11 is 1.23. The molecule has 0 spiro atoms. The number of aromatic nitrogens is 1. The van der Waals surface area contributed by atoms with Crippen molar-refractivity contribution < 1.29 is 14.6 Å². The largest absolute Gasteiger partial charge is 0.477 e. The van der Waals surface area contributed by atoms with Crippen LogP contribution in [0.4, 0.5) is 0 Å². The van der Waals surface area contributed by atoms with Gasteiger partial charge in [0.1, 0.15) is 4.88 Å². The van der Waals surface area contributed by atoms with Crippen LogP contribution >= 0.6 is 11.3 Å². The molecule has 0 fully saturated rings. The van der Waals surface area contributed by atoms with Gasteiger partial charge in [-0.1, -0.05) is 0 Å². The second-order valence-corrected chi connectivity index (χ2v) is 3.86. The maximum atomic E-state index is 10.7. The lowest BCUT2D eigenvalue weighted by molar-refractivity contribution is 0.0701. The van der Waals surface area contributed by atoms with E-state index in [1.165, 1.54) is 11.3 Å². The Kier molecular flexibility index (Phi) is 4.03. The van der Waals surface area contributed by atoms with Gasteiger partial charge in [0.15, 0.2) is 0 Å². The van der Waals surface area contributed by atoms with Crippen molar-refractivity contribution in [2.75, 3.05) is 13.2 Å². The number of aromatic carboxylic acids is 1. The molecule has 0 aromatic carbocycles. The minimum absolute atomic E-state index is 0.330. The Hall–Kier alpha value is -0.940. The summed E-state index contributed by atoms with van der Waals surface area (Å²) in [6.07, 6.45) is 0.687. The Morgan fingerprint density at radius 2 is 2.36 bits per heavy atom. The molecule has 14 heavy (non-hydrogen) atoms. The van der Waals surface area contributed by atoms with Gasteiger partial charge >= 0.3 is 5.97 Å². The Morgan fingerprint density at radius 1 is 1.64 bits per heavy atom. The topological polar surface area (TPSA) is 59.4 Å². The zero-order chi connectivity index (χ0) is 10.6. The minimum atomic E-state index is -0.900. The molecule has 0 aliphatic rings. The Morgan fingerprint density at radius 3 is 2.86 bits per heavy atom. The van der Waals surface area contributed by atoms with E-state index in [4.69, 9.17) is 9.84 Å². The Labute approximate surface area is 86.6 Å². The van der Waals surface area contributed by atoms with Crippen LogP contribution < -0.4 is 0 Å². The molecular formula is C9H13NO3S. The van der Waals surface area contributed by atoms with Gasteiger partial charge in [0.05, 0.1) is 17.3 Å². The molecule has 0 bridgehead atoms. The normalized spacial score (nSPS) is 10.4. The maximum Gasteiger partial charge on any atom is 0.347 e. The van der Waals surface area contributed by atoms with E-state index in [-0.39, 0.29) is 0 Å². The fourth-order valence-corrected chi connectivity index (χ4v) is 1.95. The predicted molar refractivity (Wildman–Crippen MR) is 54.0 cm³/mol. The van der Waals surface area contributed by atoms with Crippen molar-refractivity contribution in [2.45, 2.75) is 20.3 Å². The van der Waals surface area contributed by atoms with Crippen LogP contribution in [0, 0.1) is 6.92 Å². The van der Waals surface area contributed by atoms with E-state index in [0.29, 0.717) is 30.2 Å². The molecule has 1 rings (SSSR count). The van der Waals surface area contributed by atoms with E-state index in [9.17, 15) is 4.79 Å². The highest BCUT2D eigenvalue weighted by molar-refractivity contribution is 7.13. The third-order valence-electron chi connectivity index (χ3n) is 1.70. The van der Waals surface area contributed by atoms with Crippen molar-refractivity contribution in [2.24, 2.45) is 0 Å². The van der Waals surface area contributed by atoms with E-state index in [1.54, 1.807) is 6.92 Å². The third-order valence-corrected chi connectivity index (χ3v) is 2.90. The van der Waals surface area contributed by atoms with E-state index >= 15 is 0 Å². The Bertz CT molecular complexity index is 322. The number of hydrogen-bond donors (Lipinski definition) is 1. The van der Waals surface area contributed by atoms with Gasteiger partial charge in [0.2, 0.25) is 0 Å². The molecule has 0 radical (unpaired) electrons. The second kappa shape index (κ2) is 5.07. The highest BCUT2D eigenvalue weighted by Gasteiger charge is 2.13. The summed E-state index contributed by atoms with van der Waals surface area (Å²) in [6.45, 7) is 4.92. The standard InChI is InChI=1S/C9H13NO3S/c1-3-13-5-4-7-10-6(2)8(14-7)9(11)12/h3-5H2,1-2H3,(H,11,12). The average molecular weight is 215 g/mol. The molecule has 1 N–H and O–H groups in total. The zero-order valence-electron chi connectivity index (χ0n) is 8.24. The van der Waals surface area contributed by atoms with Gasteiger partial charge in [0.25, 0.3) is 0 Å². The fraction of sp³-hybridized carbons (Fsp3) is 0.556. The number of thiazole rings is 1. The molecule has 5 heteroatoms. The van der Waals surface area contributed by atoms with E-state index in [1.807, 2.05) is 6.92 Å². The van der Waals surface area contributed by atoms with Gasteiger partial charge in [-0.25, -0.2) is 9.78 Å². The molecule has 0 atom stereocenters. The average Bonchev–Trinajstić information content (AvgIpc) is 2.47. The summed E-state index contributed by atoms with van der Waals surface area (Å²) in [5.41, 5.74) is 0.592. The summed E-state index contributed by atoms with van der Waals surface area (Å²) in [7, 11) is 0. The minimum Gasteiger partial charge on any atom is -0.477 e. The molecule has 78 valence electrons. The number of carbonyl (C=O) groups is 1. The quantitative estimate of drug-likeness (QED) is 0.760. The summed E-state index contributed by atoms with van der Waals surface area (Å²) in [4.78, 5) is 15.2. The van der Waals surface area contributed by atoms with Crippen molar-refractivity contribution in [3.8, 4) is 0 Å². The SMILES string of the molecule is CCOCCc1nc(C)c(C(=O)O)s1. The van der Waals surface area contributed by atoms with Crippen molar-refractivity contribution in [1.82, 2.24) is 4.98 Å². The van der Waals surface area contributed by atoms with Gasteiger partial charge in [-0.2, -0.15) is 0 Å². The number of rotatable bonds is 5. The second-order valence-electron chi connectivity index (χ2n) is 2.77. The summed E-state index contributed by atoms with van der Waals surface area (Å²) in [5, 5.41) is 9.62. The highest BCUT2D eigenvalue weighted by atomic mass is 32.1. The smallest absolute Gasteiger partial charge is 0.347 e. The number of carboxylic acid groups (broad SMARTS) is 1. The van der Waals surface area contributed by atoms with Crippen molar-refractivity contribution >= 4 is 17.3 Å². The highest BCUT2D eigenvalue weighted by Crippen LogP contribution is 2.18. The van der Waals surface area contributed by atoms with E-state index in [2.05, 4.69) is 4.98 Å². The van der Waals surface area contributed by atoms with Crippen molar-refractivity contribution in [1.29, 1.82) is 0 Å². The lowest BCUT2D eigenvalue weighted by Crippen LogP contribution is -1.97. The summed E-state index contributed by atoms with van der Waals surface area (Å²) < 4.78 is 5.17.